The molecule has 4 rings (SSSR count). The number of morpholine rings is 1. The summed E-state index contributed by atoms with van der Waals surface area (Å²) in [4.78, 5) is 40.3. The van der Waals surface area contributed by atoms with Gasteiger partial charge in [-0.1, -0.05) is 18.2 Å². The lowest BCUT2D eigenvalue weighted by Crippen LogP contribution is -2.46. The van der Waals surface area contributed by atoms with Gasteiger partial charge in [0.05, 0.1) is 22.6 Å². The van der Waals surface area contributed by atoms with Crippen LogP contribution in [0.2, 0.25) is 0 Å². The average molecular weight is 535 g/mol. The van der Waals surface area contributed by atoms with Crippen molar-refractivity contribution in [1.29, 1.82) is 0 Å². The van der Waals surface area contributed by atoms with Gasteiger partial charge in [0, 0.05) is 13.1 Å². The highest BCUT2D eigenvalue weighted by molar-refractivity contribution is 9.10. The molecule has 2 saturated heterocycles. The van der Waals surface area contributed by atoms with Crippen molar-refractivity contribution in [3.63, 3.8) is 0 Å². The zero-order valence-corrected chi connectivity index (χ0v) is 19.9. The van der Waals surface area contributed by atoms with E-state index in [2.05, 4.69) is 15.9 Å². The summed E-state index contributed by atoms with van der Waals surface area (Å²) in [5.41, 5.74) is 1.39. The van der Waals surface area contributed by atoms with Crippen molar-refractivity contribution in [2.24, 2.45) is 0 Å². The lowest BCUT2D eigenvalue weighted by molar-refractivity contribution is -0.139. The first-order valence-electron chi connectivity index (χ1n) is 10.2. The van der Waals surface area contributed by atoms with Crippen LogP contribution in [0.5, 0.6) is 5.75 Å². The maximum Gasteiger partial charge on any atom is 0.294 e. The average Bonchev–Trinajstić information content (AvgIpc) is 3.06. The summed E-state index contributed by atoms with van der Waals surface area (Å²) in [6.45, 7) is 1.72. The summed E-state index contributed by atoms with van der Waals surface area (Å²) < 4.78 is 24.9. The monoisotopic (exact) mass is 534 g/mol. The zero-order valence-electron chi connectivity index (χ0n) is 17.5. The summed E-state index contributed by atoms with van der Waals surface area (Å²) in [5, 5.41) is -0.470. The number of imide groups is 1. The van der Waals surface area contributed by atoms with E-state index in [0.29, 0.717) is 47.7 Å². The van der Waals surface area contributed by atoms with E-state index in [1.54, 1.807) is 41.3 Å². The smallest absolute Gasteiger partial charge is 0.294 e. The van der Waals surface area contributed by atoms with Crippen LogP contribution in [0.4, 0.5) is 9.18 Å². The molecule has 3 amide bonds. The summed E-state index contributed by atoms with van der Waals surface area (Å²) in [5.74, 6) is -0.537. The Labute approximate surface area is 202 Å². The second-order valence-electron chi connectivity index (χ2n) is 7.37. The molecule has 0 aliphatic carbocycles. The highest BCUT2D eigenvalue weighted by atomic mass is 79.9. The quantitative estimate of drug-likeness (QED) is 0.520. The zero-order chi connectivity index (χ0) is 23.4. The Morgan fingerprint density at radius 2 is 1.97 bits per heavy atom. The number of ether oxygens (including phenoxy) is 2. The number of thioether (sulfide) groups is 1. The highest BCUT2D eigenvalue weighted by Crippen LogP contribution is 2.34. The van der Waals surface area contributed by atoms with Crippen LogP contribution in [0.25, 0.3) is 6.08 Å². The first kappa shape index (κ1) is 23.5. The van der Waals surface area contributed by atoms with E-state index in [9.17, 15) is 18.8 Å². The largest absolute Gasteiger partial charge is 0.488 e. The number of hydrogen-bond donors (Lipinski definition) is 0. The van der Waals surface area contributed by atoms with Crippen LogP contribution < -0.4 is 4.74 Å². The molecule has 0 atom stereocenters. The van der Waals surface area contributed by atoms with Crippen LogP contribution in [-0.2, 0) is 20.9 Å². The molecule has 33 heavy (non-hydrogen) atoms. The number of carbonyl (C=O) groups is 3. The Morgan fingerprint density at radius 3 is 2.70 bits per heavy atom. The molecule has 2 aliphatic heterocycles. The molecule has 0 bridgehead atoms. The summed E-state index contributed by atoms with van der Waals surface area (Å²) in [6, 6.07) is 11.4. The Balaban J connectivity index is 1.40. The third-order valence-corrected chi connectivity index (χ3v) is 6.59. The summed E-state index contributed by atoms with van der Waals surface area (Å²) in [6.07, 6.45) is 1.60. The first-order chi connectivity index (χ1) is 15.9. The molecule has 7 nitrogen and oxygen atoms in total. The minimum Gasteiger partial charge on any atom is -0.488 e. The van der Waals surface area contributed by atoms with Crippen molar-refractivity contribution in [2.75, 3.05) is 32.8 Å². The second kappa shape index (κ2) is 10.5. The van der Waals surface area contributed by atoms with Crippen LogP contribution in [0, 0.1) is 5.82 Å². The number of rotatable bonds is 6. The van der Waals surface area contributed by atoms with Gasteiger partial charge in [0.15, 0.2) is 0 Å². The molecule has 2 aromatic rings. The number of hydrogen-bond acceptors (Lipinski definition) is 6. The number of benzene rings is 2. The first-order valence-corrected chi connectivity index (χ1v) is 11.8. The van der Waals surface area contributed by atoms with Gasteiger partial charge in [-0.15, -0.1) is 0 Å². The lowest BCUT2D eigenvalue weighted by atomic mass is 10.2. The maximum absolute atomic E-state index is 13.3. The van der Waals surface area contributed by atoms with Crippen LogP contribution in [-0.4, -0.2) is 59.7 Å². The molecule has 0 aromatic heterocycles. The number of amides is 3. The fourth-order valence-corrected chi connectivity index (χ4v) is 4.70. The van der Waals surface area contributed by atoms with Gasteiger partial charge in [-0.05, 0) is 69.2 Å². The van der Waals surface area contributed by atoms with Gasteiger partial charge in [0.1, 0.15) is 24.7 Å². The van der Waals surface area contributed by atoms with E-state index in [1.165, 1.54) is 12.1 Å². The fourth-order valence-electron chi connectivity index (χ4n) is 3.35. The van der Waals surface area contributed by atoms with Gasteiger partial charge in [-0.3, -0.25) is 19.3 Å². The molecule has 0 radical (unpaired) electrons. The lowest BCUT2D eigenvalue weighted by Gasteiger charge is -2.28. The van der Waals surface area contributed by atoms with Gasteiger partial charge in [0.2, 0.25) is 5.91 Å². The fraction of sp³-hybridized carbons (Fsp3) is 0.261. The third kappa shape index (κ3) is 5.82. The maximum atomic E-state index is 13.3. The van der Waals surface area contributed by atoms with E-state index < -0.39 is 11.1 Å². The molecular weight excluding hydrogens is 515 g/mol. The van der Waals surface area contributed by atoms with Gasteiger partial charge in [-0.2, -0.15) is 0 Å². The van der Waals surface area contributed by atoms with Gasteiger partial charge in [0.25, 0.3) is 11.1 Å². The minimum absolute atomic E-state index is 0.200. The molecule has 0 spiro atoms. The minimum atomic E-state index is -0.492. The van der Waals surface area contributed by atoms with E-state index in [0.717, 1.165) is 16.7 Å². The van der Waals surface area contributed by atoms with Crippen molar-refractivity contribution in [1.82, 2.24) is 9.80 Å². The number of nitrogens with zero attached hydrogens (tertiary/aromatic N) is 2. The molecule has 2 fully saturated rings. The second-order valence-corrected chi connectivity index (χ2v) is 9.22. The standard InChI is InChI=1S/C23H20BrFN2O5S/c24-18-11-15(4-5-19(18)32-14-16-2-1-3-17(25)10-16)12-20-22(29)27(23(30)33-20)13-21(28)26-6-8-31-9-7-26/h1-5,10-12H,6-9,13-14H2/b20-12+. The van der Waals surface area contributed by atoms with E-state index >= 15 is 0 Å². The Hall–Kier alpha value is -2.69. The Morgan fingerprint density at radius 1 is 1.18 bits per heavy atom. The molecular formula is C23H20BrFN2O5S. The van der Waals surface area contributed by atoms with Crippen molar-refractivity contribution in [3.8, 4) is 5.75 Å². The topological polar surface area (TPSA) is 76.2 Å². The third-order valence-electron chi connectivity index (χ3n) is 5.07. The summed E-state index contributed by atoms with van der Waals surface area (Å²) in [7, 11) is 0. The van der Waals surface area contributed by atoms with Gasteiger partial charge >= 0.3 is 0 Å². The van der Waals surface area contributed by atoms with Gasteiger partial charge < -0.3 is 14.4 Å². The SMILES string of the molecule is O=C(CN1C(=O)S/C(=C/c2ccc(OCc3cccc(F)c3)c(Br)c2)C1=O)N1CCOCC1. The number of carbonyl (C=O) groups excluding carboxylic acids is 3. The predicted octanol–water partition coefficient (Wildman–Crippen LogP) is 4.06. The van der Waals surface area contributed by atoms with Crippen molar-refractivity contribution in [3.05, 3.63) is 68.8 Å². The molecule has 2 aromatic carbocycles. The Bertz CT molecular complexity index is 1120. The van der Waals surface area contributed by atoms with Crippen molar-refractivity contribution in [2.45, 2.75) is 6.61 Å². The van der Waals surface area contributed by atoms with Gasteiger partial charge in [-0.25, -0.2) is 4.39 Å². The van der Waals surface area contributed by atoms with Crippen LogP contribution in [0.3, 0.4) is 0 Å². The summed E-state index contributed by atoms with van der Waals surface area (Å²) >= 11 is 4.25. The molecule has 2 aliphatic rings. The molecule has 2 heterocycles. The number of halogens is 2. The van der Waals surface area contributed by atoms with Crippen molar-refractivity contribution < 1.29 is 28.2 Å². The van der Waals surface area contributed by atoms with E-state index in [4.69, 9.17) is 9.47 Å². The van der Waals surface area contributed by atoms with Crippen LogP contribution in [0.15, 0.2) is 51.8 Å². The molecule has 0 saturated carbocycles. The predicted molar refractivity (Wildman–Crippen MR) is 125 cm³/mol. The van der Waals surface area contributed by atoms with E-state index in [-0.39, 0.29) is 29.8 Å². The highest BCUT2D eigenvalue weighted by Gasteiger charge is 2.37. The van der Waals surface area contributed by atoms with Crippen LogP contribution in [0.1, 0.15) is 11.1 Å². The van der Waals surface area contributed by atoms with Crippen LogP contribution >= 0.6 is 27.7 Å². The molecule has 0 unspecified atom stereocenters. The molecule has 10 heteroatoms. The van der Waals surface area contributed by atoms with Crippen molar-refractivity contribution >= 4 is 50.8 Å². The Kier molecular flexibility index (Phi) is 7.46. The normalized spacial score (nSPS) is 17.7. The van der Waals surface area contributed by atoms with E-state index in [1.807, 2.05) is 0 Å². The molecule has 0 N–H and O–H groups in total. The molecule has 172 valence electrons.